The number of rotatable bonds is 1. The fourth-order valence-corrected chi connectivity index (χ4v) is 3.09. The third-order valence-electron chi connectivity index (χ3n) is 3.41. The molecule has 100 valence electrons. The summed E-state index contributed by atoms with van der Waals surface area (Å²) >= 11 is 1.59. The van der Waals surface area contributed by atoms with Gasteiger partial charge in [0.2, 0.25) is 5.78 Å². The Hall–Kier alpha value is -2.21. The van der Waals surface area contributed by atoms with Crippen molar-refractivity contribution in [2.75, 3.05) is 0 Å². The monoisotopic (exact) mass is 284 g/mol. The van der Waals surface area contributed by atoms with E-state index in [9.17, 15) is 4.79 Å². The second-order valence-corrected chi connectivity index (χ2v) is 5.75. The van der Waals surface area contributed by atoms with Gasteiger partial charge in [-0.2, -0.15) is 9.61 Å². The summed E-state index contributed by atoms with van der Waals surface area (Å²) in [5.41, 5.74) is 0.814. The molecule has 0 unspecified atom stereocenters. The summed E-state index contributed by atoms with van der Waals surface area (Å²) in [6.45, 7) is 0. The summed E-state index contributed by atoms with van der Waals surface area (Å²) in [6.07, 6.45) is 6.97. The molecule has 3 aromatic rings. The number of imidazole rings is 1. The first-order valence-electron chi connectivity index (χ1n) is 6.55. The average Bonchev–Trinajstić information content (AvgIpc) is 3.06. The normalized spacial score (nSPS) is 15.3. The second kappa shape index (κ2) is 4.42. The van der Waals surface area contributed by atoms with E-state index in [0.717, 1.165) is 35.2 Å². The summed E-state index contributed by atoms with van der Waals surface area (Å²) in [5, 5.41) is 8.00. The van der Waals surface area contributed by atoms with E-state index in [2.05, 4.69) is 21.1 Å². The zero-order valence-corrected chi connectivity index (χ0v) is 11.5. The van der Waals surface area contributed by atoms with Crippen LogP contribution in [0.2, 0.25) is 0 Å². The summed E-state index contributed by atoms with van der Waals surface area (Å²) in [6, 6.07) is 3.94. The first-order valence-corrected chi connectivity index (χ1v) is 7.42. The number of nitrogens with zero attached hydrogens (tertiary/aromatic N) is 3. The van der Waals surface area contributed by atoms with Gasteiger partial charge in [-0.25, -0.2) is 4.98 Å². The topological polar surface area (TPSA) is 63.0 Å². The van der Waals surface area contributed by atoms with Crippen molar-refractivity contribution in [3.8, 4) is 0 Å². The highest BCUT2D eigenvalue weighted by Crippen LogP contribution is 2.08. The van der Waals surface area contributed by atoms with Crippen molar-refractivity contribution >= 4 is 29.3 Å². The maximum absolute atomic E-state index is 12.1. The number of aromatic amines is 1. The Labute approximate surface area is 117 Å². The quantitative estimate of drug-likeness (QED) is 0.704. The van der Waals surface area contributed by atoms with E-state index in [1.54, 1.807) is 15.9 Å². The molecule has 0 saturated carbocycles. The van der Waals surface area contributed by atoms with Crippen LogP contribution in [-0.4, -0.2) is 19.6 Å². The molecule has 1 aliphatic rings. The van der Waals surface area contributed by atoms with E-state index in [-0.39, 0.29) is 5.56 Å². The van der Waals surface area contributed by atoms with E-state index >= 15 is 0 Å². The lowest BCUT2D eigenvalue weighted by Crippen LogP contribution is -2.30. The van der Waals surface area contributed by atoms with Crippen molar-refractivity contribution in [2.24, 2.45) is 0 Å². The largest absolute Gasteiger partial charge is 0.289 e. The van der Waals surface area contributed by atoms with E-state index in [0.29, 0.717) is 11.1 Å². The summed E-state index contributed by atoms with van der Waals surface area (Å²) < 4.78 is 1.63. The molecule has 20 heavy (non-hydrogen) atoms. The van der Waals surface area contributed by atoms with Gasteiger partial charge in [-0.15, -0.1) is 11.3 Å². The van der Waals surface area contributed by atoms with Crippen molar-refractivity contribution in [2.45, 2.75) is 19.3 Å². The molecular weight excluding hydrogens is 272 g/mol. The van der Waals surface area contributed by atoms with Crippen LogP contribution in [0.5, 0.6) is 0 Å². The van der Waals surface area contributed by atoms with Crippen LogP contribution >= 0.6 is 11.3 Å². The second-order valence-electron chi connectivity index (χ2n) is 4.77. The van der Waals surface area contributed by atoms with Crippen LogP contribution in [0.4, 0.5) is 0 Å². The molecule has 1 aliphatic carbocycles. The number of thiophene rings is 1. The van der Waals surface area contributed by atoms with Gasteiger partial charge in [0.15, 0.2) is 0 Å². The van der Waals surface area contributed by atoms with E-state index < -0.39 is 0 Å². The van der Waals surface area contributed by atoms with Gasteiger partial charge in [-0.3, -0.25) is 9.78 Å². The minimum Gasteiger partial charge on any atom is -0.289 e. The van der Waals surface area contributed by atoms with Crippen molar-refractivity contribution in [3.63, 3.8) is 0 Å². The summed E-state index contributed by atoms with van der Waals surface area (Å²) in [7, 11) is 0. The van der Waals surface area contributed by atoms with Gasteiger partial charge in [0.1, 0.15) is 5.35 Å². The van der Waals surface area contributed by atoms with Crippen LogP contribution in [0.1, 0.15) is 23.4 Å². The highest BCUT2D eigenvalue weighted by Gasteiger charge is 2.10. The number of fused-ring (bicyclic) bond motifs is 2. The molecule has 0 spiro atoms. The lowest BCUT2D eigenvalue weighted by molar-refractivity contribution is 0.730. The molecule has 0 saturated heterocycles. The molecule has 0 aliphatic heterocycles. The van der Waals surface area contributed by atoms with Crippen LogP contribution < -0.4 is 16.3 Å². The van der Waals surface area contributed by atoms with Crippen molar-refractivity contribution in [1.29, 1.82) is 0 Å². The van der Waals surface area contributed by atoms with Crippen LogP contribution in [0, 0.1) is 0 Å². The maximum Gasteiger partial charge on any atom is 0.276 e. The predicted molar refractivity (Wildman–Crippen MR) is 78.1 cm³/mol. The molecule has 0 fully saturated rings. The smallest absolute Gasteiger partial charge is 0.276 e. The molecule has 0 bridgehead atoms. The van der Waals surface area contributed by atoms with Gasteiger partial charge in [0, 0.05) is 4.88 Å². The molecule has 0 aromatic carbocycles. The molecule has 3 aromatic heterocycles. The van der Waals surface area contributed by atoms with E-state index in [1.165, 1.54) is 0 Å². The summed E-state index contributed by atoms with van der Waals surface area (Å²) in [5.74, 6) is 0.509. The van der Waals surface area contributed by atoms with Crippen molar-refractivity contribution in [1.82, 2.24) is 19.6 Å². The molecule has 5 nitrogen and oxygen atoms in total. The Morgan fingerprint density at radius 2 is 2.40 bits per heavy atom. The van der Waals surface area contributed by atoms with Gasteiger partial charge in [0.05, 0.1) is 11.0 Å². The fraction of sp³-hybridized carbons (Fsp3) is 0.214. The summed E-state index contributed by atoms with van der Waals surface area (Å²) in [4.78, 5) is 20.4. The molecular formula is C14H12N4OS. The number of nitrogens with one attached hydrogen (secondary N) is 1. The number of aryl methyl sites for hydroxylation is 1. The standard InChI is InChI=1S/C14H12N4OS/c19-13-12(8-9-4-3-7-20-9)18-14(16-13)15-10-5-1-2-6-11(10)17-18/h3-5,7-8H,1-2,6H2,(H,15,16,19)/b12-8-. The van der Waals surface area contributed by atoms with Crippen LogP contribution in [0.15, 0.2) is 22.3 Å². The molecule has 6 heteroatoms. The Morgan fingerprint density at radius 1 is 1.45 bits per heavy atom. The van der Waals surface area contributed by atoms with E-state index in [4.69, 9.17) is 0 Å². The Kier molecular flexibility index (Phi) is 2.56. The highest BCUT2D eigenvalue weighted by molar-refractivity contribution is 7.10. The van der Waals surface area contributed by atoms with Gasteiger partial charge >= 0.3 is 0 Å². The number of aromatic nitrogens is 4. The fourth-order valence-electron chi connectivity index (χ4n) is 2.44. The lowest BCUT2D eigenvalue weighted by Gasteiger charge is -2.06. The first-order chi connectivity index (χ1) is 9.81. The zero-order valence-electron chi connectivity index (χ0n) is 10.7. The number of hydrogen-bond acceptors (Lipinski definition) is 4. The maximum atomic E-state index is 12.1. The Morgan fingerprint density at radius 3 is 3.25 bits per heavy atom. The number of hydrogen-bond donors (Lipinski definition) is 1. The van der Waals surface area contributed by atoms with Crippen LogP contribution in [0.3, 0.4) is 0 Å². The molecule has 3 heterocycles. The highest BCUT2D eigenvalue weighted by atomic mass is 32.1. The molecule has 4 rings (SSSR count). The zero-order chi connectivity index (χ0) is 13.5. The minimum absolute atomic E-state index is 0.152. The van der Waals surface area contributed by atoms with Crippen molar-refractivity contribution in [3.05, 3.63) is 49.1 Å². The molecule has 0 atom stereocenters. The van der Waals surface area contributed by atoms with Gasteiger partial charge < -0.3 is 0 Å². The minimum atomic E-state index is -0.152. The Balaban J connectivity index is 2.07. The van der Waals surface area contributed by atoms with Crippen molar-refractivity contribution < 1.29 is 0 Å². The van der Waals surface area contributed by atoms with Gasteiger partial charge in [-0.05, 0) is 36.8 Å². The van der Waals surface area contributed by atoms with E-state index in [1.807, 2.05) is 23.6 Å². The first kappa shape index (κ1) is 11.6. The third-order valence-corrected chi connectivity index (χ3v) is 4.23. The lowest BCUT2D eigenvalue weighted by atomic mass is 10.1. The third kappa shape index (κ3) is 1.80. The Bertz CT molecular complexity index is 950. The predicted octanol–water partition coefficient (Wildman–Crippen LogP) is 0.425. The molecule has 1 N–H and O–H groups in total. The SMILES string of the molecule is O=c1[nH]c2nc3c(nn2/c1=C\c1cccs1)CCCC=3. The van der Waals surface area contributed by atoms with Crippen LogP contribution in [-0.2, 0) is 6.42 Å². The molecule has 0 amide bonds. The van der Waals surface area contributed by atoms with Gasteiger partial charge in [0.25, 0.3) is 5.56 Å². The molecule has 0 radical (unpaired) electrons. The average molecular weight is 284 g/mol. The number of H-pyrrole nitrogens is 1. The van der Waals surface area contributed by atoms with Gasteiger partial charge in [-0.1, -0.05) is 12.1 Å². The van der Waals surface area contributed by atoms with Crippen LogP contribution in [0.25, 0.3) is 17.9 Å².